The van der Waals surface area contributed by atoms with Crippen molar-refractivity contribution in [1.29, 1.82) is 0 Å². The lowest BCUT2D eigenvalue weighted by Gasteiger charge is -2.34. The molecule has 3 aromatic carbocycles. The number of benzene rings is 3. The molecule has 10 nitrogen and oxygen atoms in total. The molecular formula is C31H37N3O7S. The first-order valence-corrected chi connectivity index (χ1v) is 15.4. The third kappa shape index (κ3) is 7.52. The van der Waals surface area contributed by atoms with Gasteiger partial charge in [-0.25, -0.2) is 8.42 Å². The zero-order chi connectivity index (χ0) is 30.3. The van der Waals surface area contributed by atoms with Crippen LogP contribution < -0.4 is 23.8 Å². The molecule has 0 fully saturated rings. The highest BCUT2D eigenvalue weighted by molar-refractivity contribution is 7.92. The molecule has 0 aliphatic carbocycles. The Balaban J connectivity index is 1.75. The summed E-state index contributed by atoms with van der Waals surface area (Å²) in [6, 6.07) is 20.3. The van der Waals surface area contributed by atoms with Crippen molar-refractivity contribution in [1.82, 2.24) is 10.2 Å². The fraction of sp³-hybridized carbons (Fsp3) is 0.355. The molecule has 1 atom stereocenters. The van der Waals surface area contributed by atoms with Crippen molar-refractivity contribution in [3.05, 3.63) is 83.9 Å². The summed E-state index contributed by atoms with van der Waals surface area (Å²) in [5.41, 5.74) is 1.85. The largest absolute Gasteiger partial charge is 0.497 e. The van der Waals surface area contributed by atoms with Crippen LogP contribution >= 0.6 is 0 Å². The molecule has 0 saturated heterocycles. The highest BCUT2D eigenvalue weighted by Gasteiger charge is 2.34. The second-order valence-corrected chi connectivity index (χ2v) is 12.4. The number of carbonyl (C=O) groups excluding carboxylic acids is 2. The number of anilines is 1. The highest BCUT2D eigenvalue weighted by atomic mass is 32.2. The predicted octanol–water partition coefficient (Wildman–Crippen LogP) is 3.74. The van der Waals surface area contributed by atoms with E-state index in [2.05, 4.69) is 5.32 Å². The van der Waals surface area contributed by atoms with Gasteiger partial charge >= 0.3 is 0 Å². The molecule has 1 heterocycles. The SMILES string of the molecule is CCS(=O)(=O)N(CC(=O)N(Cc1cccc(OC)c1)C(Cc1ccccc1)C(=O)NC(C)C)c1ccc2c(c1)OCO2. The normalized spacial score (nSPS) is 13.0. The van der Waals surface area contributed by atoms with Crippen molar-refractivity contribution in [2.75, 3.05) is 30.5 Å². The maximum Gasteiger partial charge on any atom is 0.244 e. The Bertz CT molecular complexity index is 1500. The van der Waals surface area contributed by atoms with Crippen molar-refractivity contribution < 1.29 is 32.2 Å². The van der Waals surface area contributed by atoms with Gasteiger partial charge in [-0.05, 0) is 56.2 Å². The fourth-order valence-electron chi connectivity index (χ4n) is 4.66. The van der Waals surface area contributed by atoms with Crippen LogP contribution in [0.1, 0.15) is 31.9 Å². The van der Waals surface area contributed by atoms with Gasteiger partial charge in [-0.15, -0.1) is 0 Å². The molecule has 3 aromatic rings. The quantitative estimate of drug-likeness (QED) is 0.320. The van der Waals surface area contributed by atoms with E-state index in [1.807, 2.05) is 50.2 Å². The second kappa shape index (κ2) is 13.6. The Morgan fingerprint density at radius 1 is 0.952 bits per heavy atom. The van der Waals surface area contributed by atoms with Crippen LogP contribution in [0.5, 0.6) is 17.2 Å². The molecule has 4 rings (SSSR count). The van der Waals surface area contributed by atoms with Gasteiger partial charge in [0.15, 0.2) is 11.5 Å². The smallest absolute Gasteiger partial charge is 0.244 e. The number of nitrogens with zero attached hydrogens (tertiary/aromatic N) is 2. The third-order valence-electron chi connectivity index (χ3n) is 6.81. The van der Waals surface area contributed by atoms with E-state index < -0.39 is 28.5 Å². The number of amides is 2. The van der Waals surface area contributed by atoms with Crippen LogP contribution in [-0.4, -0.2) is 63.4 Å². The van der Waals surface area contributed by atoms with E-state index in [0.29, 0.717) is 17.2 Å². The number of rotatable bonds is 13. The van der Waals surface area contributed by atoms with E-state index >= 15 is 0 Å². The number of hydrogen-bond donors (Lipinski definition) is 1. The van der Waals surface area contributed by atoms with E-state index in [-0.39, 0.29) is 43.1 Å². The van der Waals surface area contributed by atoms with E-state index in [9.17, 15) is 18.0 Å². The zero-order valence-electron chi connectivity index (χ0n) is 24.3. The predicted molar refractivity (Wildman–Crippen MR) is 160 cm³/mol. The number of hydrogen-bond acceptors (Lipinski definition) is 7. The van der Waals surface area contributed by atoms with Gasteiger partial charge in [0.05, 0.1) is 18.6 Å². The minimum atomic E-state index is -3.90. The van der Waals surface area contributed by atoms with Gasteiger partial charge in [-0.2, -0.15) is 0 Å². The number of sulfonamides is 1. The monoisotopic (exact) mass is 595 g/mol. The summed E-state index contributed by atoms with van der Waals surface area (Å²) in [6.07, 6.45) is 0.236. The lowest BCUT2D eigenvalue weighted by atomic mass is 10.0. The van der Waals surface area contributed by atoms with Crippen LogP contribution in [-0.2, 0) is 32.6 Å². The molecule has 0 radical (unpaired) electrons. The summed E-state index contributed by atoms with van der Waals surface area (Å²) >= 11 is 0. The standard InChI is InChI=1S/C31H37N3O7S/c1-5-42(37,38)34(25-14-15-28-29(18-25)41-21-40-28)20-30(35)33(19-24-12-9-13-26(16-24)39-4)27(31(36)32-22(2)3)17-23-10-7-6-8-11-23/h6-16,18,22,27H,5,17,19-21H2,1-4H3,(H,32,36). The molecule has 0 aromatic heterocycles. The van der Waals surface area contributed by atoms with Crippen LogP contribution in [0.3, 0.4) is 0 Å². The van der Waals surface area contributed by atoms with Gasteiger partial charge in [0.25, 0.3) is 0 Å². The lowest BCUT2D eigenvalue weighted by Crippen LogP contribution is -2.54. The Morgan fingerprint density at radius 3 is 2.36 bits per heavy atom. The maximum absolute atomic E-state index is 14.3. The number of methoxy groups -OCH3 is 1. The molecule has 224 valence electrons. The minimum Gasteiger partial charge on any atom is -0.497 e. The number of carbonyl (C=O) groups is 2. The number of fused-ring (bicyclic) bond motifs is 1. The number of ether oxygens (including phenoxy) is 3. The molecule has 42 heavy (non-hydrogen) atoms. The highest BCUT2D eigenvalue weighted by Crippen LogP contribution is 2.36. The van der Waals surface area contributed by atoms with Crippen LogP contribution in [0.2, 0.25) is 0 Å². The van der Waals surface area contributed by atoms with Gasteiger partial charge in [0, 0.05) is 25.1 Å². The van der Waals surface area contributed by atoms with Crippen molar-refractivity contribution in [2.24, 2.45) is 0 Å². The molecule has 0 spiro atoms. The molecular weight excluding hydrogens is 558 g/mol. The average Bonchev–Trinajstić information content (AvgIpc) is 3.46. The molecule has 1 N–H and O–H groups in total. The molecule has 1 aliphatic heterocycles. The van der Waals surface area contributed by atoms with Crippen LogP contribution in [0.4, 0.5) is 5.69 Å². The third-order valence-corrected chi connectivity index (χ3v) is 8.55. The van der Waals surface area contributed by atoms with Crippen molar-refractivity contribution >= 4 is 27.5 Å². The van der Waals surface area contributed by atoms with Crippen molar-refractivity contribution in [3.63, 3.8) is 0 Å². The van der Waals surface area contributed by atoms with Gasteiger partial charge in [0.2, 0.25) is 28.6 Å². The summed E-state index contributed by atoms with van der Waals surface area (Å²) < 4.78 is 43.9. The van der Waals surface area contributed by atoms with Gasteiger partial charge in [-0.1, -0.05) is 42.5 Å². The molecule has 11 heteroatoms. The molecule has 1 unspecified atom stereocenters. The number of nitrogens with one attached hydrogen (secondary N) is 1. The van der Waals surface area contributed by atoms with Crippen LogP contribution in [0.25, 0.3) is 0 Å². The van der Waals surface area contributed by atoms with Crippen molar-refractivity contribution in [3.8, 4) is 17.2 Å². The van der Waals surface area contributed by atoms with E-state index in [0.717, 1.165) is 15.4 Å². The molecule has 1 aliphatic rings. The molecule has 0 bridgehead atoms. The Labute approximate surface area is 247 Å². The lowest BCUT2D eigenvalue weighted by molar-refractivity contribution is -0.140. The fourth-order valence-corrected chi connectivity index (χ4v) is 5.72. The maximum atomic E-state index is 14.3. The summed E-state index contributed by atoms with van der Waals surface area (Å²) in [4.78, 5) is 29.4. The average molecular weight is 596 g/mol. The van der Waals surface area contributed by atoms with E-state index in [1.54, 1.807) is 43.5 Å². The second-order valence-electron chi connectivity index (χ2n) is 10.2. The molecule has 0 saturated carbocycles. The Kier molecular flexibility index (Phi) is 9.95. The first kappa shape index (κ1) is 30.7. The van der Waals surface area contributed by atoms with Gasteiger partial charge in [0.1, 0.15) is 18.3 Å². The van der Waals surface area contributed by atoms with Crippen molar-refractivity contribution in [2.45, 2.75) is 45.8 Å². The Morgan fingerprint density at radius 2 is 1.67 bits per heavy atom. The van der Waals surface area contributed by atoms with Crippen LogP contribution in [0, 0.1) is 0 Å². The first-order valence-electron chi connectivity index (χ1n) is 13.8. The summed E-state index contributed by atoms with van der Waals surface area (Å²) in [7, 11) is -2.35. The summed E-state index contributed by atoms with van der Waals surface area (Å²) in [5.74, 6) is 0.382. The topological polar surface area (TPSA) is 114 Å². The minimum absolute atomic E-state index is 0.0265. The Hall–Kier alpha value is -4.25. The first-order chi connectivity index (χ1) is 20.1. The van der Waals surface area contributed by atoms with E-state index in [4.69, 9.17) is 14.2 Å². The van der Waals surface area contributed by atoms with Crippen LogP contribution in [0.15, 0.2) is 72.8 Å². The molecule has 2 amide bonds. The summed E-state index contributed by atoms with van der Waals surface area (Å²) in [6.45, 7) is 4.78. The summed E-state index contributed by atoms with van der Waals surface area (Å²) in [5, 5.41) is 2.94. The van der Waals surface area contributed by atoms with Gasteiger partial charge < -0.3 is 24.4 Å². The van der Waals surface area contributed by atoms with E-state index in [1.165, 1.54) is 11.8 Å². The zero-order valence-corrected chi connectivity index (χ0v) is 25.1. The van der Waals surface area contributed by atoms with Gasteiger partial charge in [-0.3, -0.25) is 13.9 Å².